The van der Waals surface area contributed by atoms with E-state index in [4.69, 9.17) is 5.73 Å². The molecule has 5 rings (SSSR count). The molecular weight excluding hydrogens is 352 g/mol. The zero-order chi connectivity index (χ0) is 19.1. The average molecular weight is 372 g/mol. The lowest BCUT2D eigenvalue weighted by atomic mass is 10.0. The highest BCUT2D eigenvalue weighted by atomic mass is 16.2. The first-order valence-corrected chi connectivity index (χ1v) is 9.45. The Labute approximate surface area is 161 Å². The first-order valence-electron chi connectivity index (χ1n) is 9.45. The number of pyridine rings is 2. The summed E-state index contributed by atoms with van der Waals surface area (Å²) < 4.78 is 0. The number of H-pyrrole nitrogens is 1. The molecule has 7 nitrogen and oxygen atoms in total. The van der Waals surface area contributed by atoms with Crippen molar-refractivity contribution >= 4 is 33.7 Å². The smallest absolute Gasteiger partial charge is 0.222 e. The van der Waals surface area contributed by atoms with Crippen LogP contribution in [0.3, 0.4) is 0 Å². The Hall–Kier alpha value is -3.48. The topological polar surface area (TPSA) is 101 Å². The van der Waals surface area contributed by atoms with Gasteiger partial charge in [0.15, 0.2) is 5.82 Å². The van der Waals surface area contributed by atoms with Gasteiger partial charge in [-0.15, -0.1) is 0 Å². The fraction of sp³-hybridized carbons (Fsp3) is 0.238. The molecule has 0 spiro atoms. The van der Waals surface area contributed by atoms with Crippen LogP contribution in [-0.2, 0) is 11.3 Å². The van der Waals surface area contributed by atoms with Crippen LogP contribution in [0.15, 0.2) is 42.7 Å². The molecule has 140 valence electrons. The van der Waals surface area contributed by atoms with Gasteiger partial charge in [-0.25, -0.2) is 9.97 Å². The van der Waals surface area contributed by atoms with Crippen molar-refractivity contribution in [2.75, 3.05) is 12.3 Å². The van der Waals surface area contributed by atoms with Gasteiger partial charge in [0, 0.05) is 36.3 Å². The summed E-state index contributed by atoms with van der Waals surface area (Å²) >= 11 is 0. The number of amides is 1. The van der Waals surface area contributed by atoms with Crippen LogP contribution < -0.4 is 5.73 Å². The summed E-state index contributed by atoms with van der Waals surface area (Å²) in [7, 11) is 0. The van der Waals surface area contributed by atoms with Crippen molar-refractivity contribution < 1.29 is 4.79 Å². The quantitative estimate of drug-likeness (QED) is 0.575. The number of hydrogen-bond acceptors (Lipinski definition) is 5. The van der Waals surface area contributed by atoms with Crippen molar-refractivity contribution in [1.29, 1.82) is 0 Å². The molecule has 0 unspecified atom stereocenters. The Morgan fingerprint density at radius 1 is 1.14 bits per heavy atom. The van der Waals surface area contributed by atoms with Gasteiger partial charge in [0.2, 0.25) is 5.91 Å². The van der Waals surface area contributed by atoms with Crippen molar-refractivity contribution in [3.8, 4) is 11.1 Å². The summed E-state index contributed by atoms with van der Waals surface area (Å²) in [4.78, 5) is 30.7. The molecule has 4 aromatic rings. The molecule has 0 radical (unpaired) electrons. The minimum atomic E-state index is 0.184. The highest BCUT2D eigenvalue weighted by Crippen LogP contribution is 2.30. The van der Waals surface area contributed by atoms with Gasteiger partial charge in [0.1, 0.15) is 11.3 Å². The number of aromatic amines is 1. The highest BCUT2D eigenvalue weighted by Gasteiger charge is 2.20. The van der Waals surface area contributed by atoms with Gasteiger partial charge in [-0.2, -0.15) is 0 Å². The number of rotatable bonds is 3. The number of anilines is 1. The zero-order valence-corrected chi connectivity index (χ0v) is 15.4. The maximum absolute atomic E-state index is 12.1. The Balaban J connectivity index is 1.57. The summed E-state index contributed by atoms with van der Waals surface area (Å²) in [6.07, 6.45) is 6.20. The summed E-state index contributed by atoms with van der Waals surface area (Å²) in [5, 5.41) is 0.959. The van der Waals surface area contributed by atoms with Crippen LogP contribution in [0.5, 0.6) is 0 Å². The van der Waals surface area contributed by atoms with Crippen molar-refractivity contribution in [2.45, 2.75) is 25.8 Å². The van der Waals surface area contributed by atoms with E-state index in [1.54, 1.807) is 6.20 Å². The maximum Gasteiger partial charge on any atom is 0.222 e. The summed E-state index contributed by atoms with van der Waals surface area (Å²) in [5.41, 5.74) is 10.6. The number of carbonyl (C=O) groups is 1. The van der Waals surface area contributed by atoms with E-state index in [-0.39, 0.29) is 5.91 Å². The molecule has 0 saturated carbocycles. The molecule has 1 aromatic carbocycles. The second-order valence-electron chi connectivity index (χ2n) is 7.15. The lowest BCUT2D eigenvalue weighted by Gasteiger charge is -2.25. The van der Waals surface area contributed by atoms with Gasteiger partial charge >= 0.3 is 0 Å². The second kappa shape index (κ2) is 6.60. The first-order chi connectivity index (χ1) is 13.7. The molecule has 28 heavy (non-hydrogen) atoms. The Kier molecular flexibility index (Phi) is 3.93. The number of imidazole rings is 1. The molecule has 0 aliphatic carbocycles. The van der Waals surface area contributed by atoms with Crippen molar-refractivity contribution in [1.82, 2.24) is 24.8 Å². The molecule has 0 atom stereocenters. The third kappa shape index (κ3) is 2.85. The lowest BCUT2D eigenvalue weighted by Crippen LogP contribution is -2.34. The molecule has 1 saturated heterocycles. The molecule has 3 aromatic heterocycles. The van der Waals surface area contributed by atoms with Crippen LogP contribution in [0.25, 0.3) is 33.1 Å². The van der Waals surface area contributed by atoms with E-state index in [0.29, 0.717) is 24.3 Å². The third-order valence-electron chi connectivity index (χ3n) is 5.26. The predicted molar refractivity (Wildman–Crippen MR) is 108 cm³/mol. The second-order valence-corrected chi connectivity index (χ2v) is 7.15. The molecule has 1 aliphatic heterocycles. The van der Waals surface area contributed by atoms with E-state index < -0.39 is 0 Å². The standard InChI is InChI=1S/C21H20N6O/c22-21-20-19(25-17(26-20)12-27-9-2-1-5-18(27)28)15-7-6-13(10-16(15)24-21)14-4-3-8-23-11-14/h3-4,6-8,10-11H,1-2,5,9,12H2,(H2,22,24)(H,25,26). The summed E-state index contributed by atoms with van der Waals surface area (Å²) in [6.45, 7) is 1.25. The minimum Gasteiger partial charge on any atom is -0.382 e. The van der Waals surface area contributed by atoms with Crippen LogP contribution in [0, 0.1) is 0 Å². The van der Waals surface area contributed by atoms with Crippen molar-refractivity contribution in [3.63, 3.8) is 0 Å². The van der Waals surface area contributed by atoms with Crippen molar-refractivity contribution in [3.05, 3.63) is 48.5 Å². The zero-order valence-electron chi connectivity index (χ0n) is 15.4. The number of aromatic nitrogens is 4. The highest BCUT2D eigenvalue weighted by molar-refractivity contribution is 6.07. The van der Waals surface area contributed by atoms with Crippen LogP contribution in [-0.4, -0.2) is 37.3 Å². The van der Waals surface area contributed by atoms with E-state index in [1.165, 1.54) is 0 Å². The molecule has 3 N–H and O–H groups in total. The van der Waals surface area contributed by atoms with Gasteiger partial charge in [0.25, 0.3) is 0 Å². The number of hydrogen-bond donors (Lipinski definition) is 2. The molecule has 1 amide bonds. The molecule has 7 heteroatoms. The minimum absolute atomic E-state index is 0.184. The number of likely N-dealkylation sites (tertiary alicyclic amines) is 1. The normalized spacial score (nSPS) is 14.9. The first kappa shape index (κ1) is 16.7. The number of piperidine rings is 1. The predicted octanol–water partition coefficient (Wildman–Crippen LogP) is 3.27. The van der Waals surface area contributed by atoms with Crippen LogP contribution in [0.2, 0.25) is 0 Å². The van der Waals surface area contributed by atoms with Gasteiger partial charge < -0.3 is 15.6 Å². The number of benzene rings is 1. The number of carbonyl (C=O) groups excluding carboxylic acids is 1. The fourth-order valence-electron chi connectivity index (χ4n) is 3.82. The molecular formula is C21H20N6O. The van der Waals surface area contributed by atoms with Crippen molar-refractivity contribution in [2.24, 2.45) is 0 Å². The third-order valence-corrected chi connectivity index (χ3v) is 5.26. The van der Waals surface area contributed by atoms with Gasteiger partial charge in [0.05, 0.1) is 17.6 Å². The van der Waals surface area contributed by atoms with E-state index in [0.717, 1.165) is 52.8 Å². The van der Waals surface area contributed by atoms with Crippen LogP contribution in [0.1, 0.15) is 25.1 Å². The number of nitrogens with zero attached hydrogens (tertiary/aromatic N) is 4. The number of nitrogen functional groups attached to an aromatic ring is 1. The maximum atomic E-state index is 12.1. The van der Waals surface area contributed by atoms with E-state index in [1.807, 2.05) is 41.4 Å². The number of nitrogens with one attached hydrogen (secondary N) is 1. The molecule has 1 fully saturated rings. The SMILES string of the molecule is Nc1nc2cc(-c3cccnc3)ccc2c2[nH]c(CN3CCCCC3=O)nc12. The molecule has 1 aliphatic rings. The van der Waals surface area contributed by atoms with Gasteiger partial charge in [-0.3, -0.25) is 9.78 Å². The summed E-state index contributed by atoms with van der Waals surface area (Å²) in [6, 6.07) is 10.0. The Morgan fingerprint density at radius 3 is 2.89 bits per heavy atom. The molecule has 4 heterocycles. The largest absolute Gasteiger partial charge is 0.382 e. The van der Waals surface area contributed by atoms with E-state index >= 15 is 0 Å². The Bertz CT molecular complexity index is 1180. The lowest BCUT2D eigenvalue weighted by molar-refractivity contribution is -0.133. The van der Waals surface area contributed by atoms with Crippen LogP contribution >= 0.6 is 0 Å². The number of nitrogens with two attached hydrogens (primary N) is 1. The van der Waals surface area contributed by atoms with E-state index in [2.05, 4.69) is 19.9 Å². The van der Waals surface area contributed by atoms with E-state index in [9.17, 15) is 4.79 Å². The fourth-order valence-corrected chi connectivity index (χ4v) is 3.82. The average Bonchev–Trinajstić information content (AvgIpc) is 3.15. The molecule has 0 bridgehead atoms. The van der Waals surface area contributed by atoms with Crippen LogP contribution in [0.4, 0.5) is 5.82 Å². The Morgan fingerprint density at radius 2 is 2.07 bits per heavy atom. The van der Waals surface area contributed by atoms with Gasteiger partial charge in [-0.1, -0.05) is 18.2 Å². The summed E-state index contributed by atoms with van der Waals surface area (Å²) in [5.74, 6) is 1.31. The monoisotopic (exact) mass is 372 g/mol. The number of fused-ring (bicyclic) bond motifs is 3. The van der Waals surface area contributed by atoms with Gasteiger partial charge in [-0.05, 0) is 30.5 Å².